The van der Waals surface area contributed by atoms with Crippen LogP contribution in [-0.2, 0) is 11.0 Å². The Morgan fingerprint density at radius 3 is 2.58 bits per heavy atom. The first-order chi connectivity index (χ1) is 8.81. The van der Waals surface area contributed by atoms with Gasteiger partial charge in [0, 0.05) is 0 Å². The van der Waals surface area contributed by atoms with Gasteiger partial charge in [-0.2, -0.15) is 0 Å². The van der Waals surface area contributed by atoms with Crippen LogP contribution in [-0.4, -0.2) is 8.96 Å². The predicted molar refractivity (Wildman–Crippen MR) is 77.8 cm³/mol. The first kappa shape index (κ1) is 14.7. The van der Waals surface area contributed by atoms with E-state index in [1.165, 1.54) is 12.8 Å². The molecule has 0 amide bonds. The Hall–Kier alpha value is -0.740. The molecule has 1 saturated carbocycles. The van der Waals surface area contributed by atoms with Gasteiger partial charge < -0.3 is 0 Å². The molecule has 1 unspecified atom stereocenters. The molecule has 2 N–H and O–H groups in total. The molecule has 0 radical (unpaired) electrons. The minimum atomic E-state index is -1.40. The molecule has 1 aliphatic carbocycles. The minimum Gasteiger partial charge on any atom is -0.251 e. The van der Waals surface area contributed by atoms with Gasteiger partial charge in [0.2, 0.25) is 0 Å². The zero-order valence-electron chi connectivity index (χ0n) is 11.8. The number of nitrogens with two attached hydrogens (primary N) is 1. The Labute approximate surface area is 117 Å². The molecule has 2 nitrogen and oxygen atoms in total. The monoisotopic (exact) mass is 283 g/mol. The second-order valence-corrected chi connectivity index (χ2v) is 7.92. The molecule has 2 rings (SSSR count). The highest BCUT2D eigenvalue weighted by atomic mass is 32.2. The highest BCUT2D eigenvalue weighted by Gasteiger charge is 2.29. The van der Waals surface area contributed by atoms with E-state index in [2.05, 4.69) is 0 Å². The standard InChI is InChI=1S/C15H22FNOS/c1-10(9-15(2,3)19(17)18)13-7-6-12(8-14(13)16)11-4-5-11/h6-8,10-11H,4-5,9,17H2,1-3H3/t10-,19?/m0/s1. The van der Waals surface area contributed by atoms with Crippen LogP contribution in [0, 0.1) is 5.82 Å². The lowest BCUT2D eigenvalue weighted by Gasteiger charge is -2.25. The zero-order valence-corrected chi connectivity index (χ0v) is 12.6. The van der Waals surface area contributed by atoms with E-state index in [-0.39, 0.29) is 11.7 Å². The molecule has 0 spiro atoms. The first-order valence-electron chi connectivity index (χ1n) is 6.77. The SMILES string of the molecule is C[C@@H](CC(C)(C)S(N)=O)c1ccc(C2CC2)cc1F. The summed E-state index contributed by atoms with van der Waals surface area (Å²) in [6.45, 7) is 5.68. The Morgan fingerprint density at radius 1 is 1.47 bits per heavy atom. The summed E-state index contributed by atoms with van der Waals surface area (Å²) in [5.74, 6) is 0.429. The average molecular weight is 283 g/mol. The van der Waals surface area contributed by atoms with E-state index in [9.17, 15) is 8.60 Å². The minimum absolute atomic E-state index is 0.00996. The van der Waals surface area contributed by atoms with E-state index >= 15 is 0 Å². The van der Waals surface area contributed by atoms with Crippen LogP contribution >= 0.6 is 0 Å². The van der Waals surface area contributed by atoms with Crippen LogP contribution < -0.4 is 5.14 Å². The highest BCUT2D eigenvalue weighted by Crippen LogP contribution is 2.41. The van der Waals surface area contributed by atoms with Crippen LogP contribution in [0.25, 0.3) is 0 Å². The van der Waals surface area contributed by atoms with Gasteiger partial charge in [-0.05, 0) is 62.1 Å². The van der Waals surface area contributed by atoms with Gasteiger partial charge in [0.15, 0.2) is 0 Å². The largest absolute Gasteiger partial charge is 0.251 e. The molecule has 0 aliphatic heterocycles. The number of rotatable bonds is 5. The van der Waals surface area contributed by atoms with Crippen LogP contribution in [0.3, 0.4) is 0 Å². The quantitative estimate of drug-likeness (QED) is 0.881. The number of halogens is 1. The van der Waals surface area contributed by atoms with Crippen LogP contribution in [0.2, 0.25) is 0 Å². The lowest BCUT2D eigenvalue weighted by atomic mass is 9.90. The van der Waals surface area contributed by atoms with Gasteiger partial charge in [-0.15, -0.1) is 0 Å². The van der Waals surface area contributed by atoms with Crippen LogP contribution in [0.15, 0.2) is 18.2 Å². The molecule has 0 saturated heterocycles. The normalized spacial score (nSPS) is 19.2. The summed E-state index contributed by atoms with van der Waals surface area (Å²) in [7, 11) is -1.40. The molecule has 4 heteroatoms. The smallest absolute Gasteiger partial charge is 0.126 e. The lowest BCUT2D eigenvalue weighted by Crippen LogP contribution is -2.33. The molecule has 1 aromatic rings. The Kier molecular flexibility index (Phi) is 4.11. The maximum atomic E-state index is 14.2. The van der Waals surface area contributed by atoms with E-state index in [1.54, 1.807) is 6.07 Å². The number of hydrogen-bond acceptors (Lipinski definition) is 1. The van der Waals surface area contributed by atoms with Gasteiger partial charge in [-0.25, -0.2) is 8.60 Å². The first-order valence-corrected chi connectivity index (χ1v) is 7.98. The van der Waals surface area contributed by atoms with Gasteiger partial charge in [0.25, 0.3) is 0 Å². The topological polar surface area (TPSA) is 43.1 Å². The van der Waals surface area contributed by atoms with Gasteiger partial charge >= 0.3 is 0 Å². The fraction of sp³-hybridized carbons (Fsp3) is 0.600. The van der Waals surface area contributed by atoms with Crippen molar-refractivity contribution in [2.75, 3.05) is 0 Å². The second kappa shape index (κ2) is 5.33. The third-order valence-corrected chi connectivity index (χ3v) is 5.20. The highest BCUT2D eigenvalue weighted by molar-refractivity contribution is 7.84. The summed E-state index contributed by atoms with van der Waals surface area (Å²) in [4.78, 5) is 0. The number of benzene rings is 1. The molecule has 1 fully saturated rings. The van der Waals surface area contributed by atoms with Gasteiger partial charge in [-0.3, -0.25) is 5.14 Å². The van der Waals surface area contributed by atoms with Crippen LogP contribution in [0.5, 0.6) is 0 Å². The van der Waals surface area contributed by atoms with Crippen molar-refractivity contribution in [1.29, 1.82) is 0 Å². The summed E-state index contributed by atoms with van der Waals surface area (Å²) >= 11 is 0. The van der Waals surface area contributed by atoms with Crippen molar-refractivity contribution in [3.05, 3.63) is 35.1 Å². The molecule has 0 heterocycles. The molecule has 1 aliphatic rings. The van der Waals surface area contributed by atoms with Crippen molar-refractivity contribution in [3.63, 3.8) is 0 Å². The Bertz CT molecular complexity index is 497. The fourth-order valence-electron chi connectivity index (χ4n) is 2.54. The van der Waals surface area contributed by atoms with Crippen LogP contribution in [0.4, 0.5) is 4.39 Å². The molecule has 19 heavy (non-hydrogen) atoms. The lowest BCUT2D eigenvalue weighted by molar-refractivity contribution is 0.516. The maximum Gasteiger partial charge on any atom is 0.126 e. The van der Waals surface area contributed by atoms with Crippen molar-refractivity contribution >= 4 is 11.0 Å². The molecule has 0 bridgehead atoms. The summed E-state index contributed by atoms with van der Waals surface area (Å²) < 4.78 is 25.1. The molecular weight excluding hydrogens is 261 g/mol. The summed E-state index contributed by atoms with van der Waals surface area (Å²) in [6.07, 6.45) is 2.96. The predicted octanol–water partition coefficient (Wildman–Crippen LogP) is 3.60. The van der Waals surface area contributed by atoms with Crippen molar-refractivity contribution in [1.82, 2.24) is 0 Å². The Balaban J connectivity index is 2.14. The molecule has 106 valence electrons. The van der Waals surface area contributed by atoms with Crippen molar-refractivity contribution < 1.29 is 8.60 Å². The van der Waals surface area contributed by atoms with Crippen LogP contribution in [0.1, 0.15) is 63.0 Å². The molecule has 2 atom stereocenters. The van der Waals surface area contributed by atoms with Crippen molar-refractivity contribution in [2.24, 2.45) is 5.14 Å². The summed E-state index contributed by atoms with van der Waals surface area (Å²) in [6, 6.07) is 5.57. The van der Waals surface area contributed by atoms with Crippen molar-refractivity contribution in [2.45, 2.75) is 56.6 Å². The summed E-state index contributed by atoms with van der Waals surface area (Å²) in [5.41, 5.74) is 1.80. The van der Waals surface area contributed by atoms with E-state index in [0.717, 1.165) is 5.56 Å². The maximum absolute atomic E-state index is 14.2. The van der Waals surface area contributed by atoms with Gasteiger partial charge in [0.05, 0.1) is 15.7 Å². The second-order valence-electron chi connectivity index (χ2n) is 6.22. The zero-order chi connectivity index (χ0) is 14.2. The average Bonchev–Trinajstić information content (AvgIpc) is 3.11. The number of hydrogen-bond donors (Lipinski definition) is 1. The Morgan fingerprint density at radius 2 is 2.11 bits per heavy atom. The molecule has 1 aromatic carbocycles. The van der Waals surface area contributed by atoms with Crippen molar-refractivity contribution in [3.8, 4) is 0 Å². The van der Waals surface area contributed by atoms with E-state index in [4.69, 9.17) is 5.14 Å². The van der Waals surface area contributed by atoms with E-state index in [1.807, 2.05) is 32.9 Å². The van der Waals surface area contributed by atoms with E-state index < -0.39 is 15.7 Å². The third-order valence-electron chi connectivity index (χ3n) is 3.95. The molecule has 0 aromatic heterocycles. The fourth-order valence-corrected chi connectivity index (χ4v) is 2.96. The van der Waals surface area contributed by atoms with E-state index in [0.29, 0.717) is 17.9 Å². The third kappa shape index (κ3) is 3.42. The van der Waals surface area contributed by atoms with Gasteiger partial charge in [-0.1, -0.05) is 19.1 Å². The van der Waals surface area contributed by atoms with Gasteiger partial charge in [0.1, 0.15) is 5.82 Å². The molecular formula is C15H22FNOS. The summed E-state index contributed by atoms with van der Waals surface area (Å²) in [5, 5.41) is 5.49.